The van der Waals surface area contributed by atoms with Gasteiger partial charge < -0.3 is 15.8 Å². The molecular weight excluding hydrogens is 327 g/mol. The van der Waals surface area contributed by atoms with Crippen molar-refractivity contribution >= 4 is 33.2 Å². The first kappa shape index (κ1) is 14.3. The normalized spacial score (nSPS) is 10.2. The molecule has 0 heterocycles. The van der Waals surface area contributed by atoms with Gasteiger partial charge in [0.05, 0.1) is 12.7 Å². The van der Waals surface area contributed by atoms with Crippen LogP contribution < -0.4 is 15.8 Å². The van der Waals surface area contributed by atoms with Crippen LogP contribution in [0.4, 0.5) is 15.8 Å². The Morgan fingerprint density at radius 1 is 1.30 bits per heavy atom. The molecule has 0 bridgehead atoms. The number of nitrogen functional groups attached to an aromatic ring is 1. The number of hydrogen-bond donors (Lipinski definition) is 2. The maximum Gasteiger partial charge on any atom is 0.257 e. The molecule has 3 N–H and O–H groups in total. The lowest BCUT2D eigenvalue weighted by atomic mass is 10.1. The van der Waals surface area contributed by atoms with Crippen molar-refractivity contribution in [3.05, 3.63) is 52.3 Å². The highest BCUT2D eigenvalue weighted by atomic mass is 79.9. The molecule has 0 fully saturated rings. The number of methoxy groups -OCH3 is 1. The van der Waals surface area contributed by atoms with E-state index in [1.807, 2.05) is 0 Å². The van der Waals surface area contributed by atoms with Crippen molar-refractivity contribution < 1.29 is 13.9 Å². The maximum atomic E-state index is 13.3. The van der Waals surface area contributed by atoms with E-state index in [0.717, 1.165) is 4.47 Å². The lowest BCUT2D eigenvalue weighted by Gasteiger charge is -2.09. The molecule has 4 nitrogen and oxygen atoms in total. The quantitative estimate of drug-likeness (QED) is 0.842. The fourth-order valence-corrected chi connectivity index (χ4v) is 2.02. The van der Waals surface area contributed by atoms with Crippen molar-refractivity contribution in [2.24, 2.45) is 0 Å². The summed E-state index contributed by atoms with van der Waals surface area (Å²) in [6.45, 7) is 0. The molecule has 2 aromatic rings. The Labute approximate surface area is 123 Å². The summed E-state index contributed by atoms with van der Waals surface area (Å²) in [6.07, 6.45) is 0. The van der Waals surface area contributed by atoms with Crippen LogP contribution >= 0.6 is 15.9 Å². The highest BCUT2D eigenvalue weighted by molar-refractivity contribution is 9.10. The van der Waals surface area contributed by atoms with E-state index in [1.54, 1.807) is 18.2 Å². The maximum absolute atomic E-state index is 13.3. The minimum atomic E-state index is -0.493. The Kier molecular flexibility index (Phi) is 4.24. The molecule has 0 saturated carbocycles. The van der Waals surface area contributed by atoms with Gasteiger partial charge >= 0.3 is 0 Å². The van der Waals surface area contributed by atoms with Gasteiger partial charge in [-0.1, -0.05) is 15.9 Å². The molecule has 20 heavy (non-hydrogen) atoms. The van der Waals surface area contributed by atoms with E-state index in [-0.39, 0.29) is 11.7 Å². The Bertz CT molecular complexity index is 662. The smallest absolute Gasteiger partial charge is 0.257 e. The zero-order chi connectivity index (χ0) is 14.7. The van der Waals surface area contributed by atoms with Gasteiger partial charge in [0.2, 0.25) is 0 Å². The van der Waals surface area contributed by atoms with E-state index >= 15 is 0 Å². The van der Waals surface area contributed by atoms with Crippen LogP contribution in [-0.4, -0.2) is 13.0 Å². The first-order valence-electron chi connectivity index (χ1n) is 5.71. The minimum Gasteiger partial charge on any atom is -0.494 e. The molecule has 6 heteroatoms. The zero-order valence-corrected chi connectivity index (χ0v) is 12.2. The van der Waals surface area contributed by atoms with Crippen molar-refractivity contribution in [2.75, 3.05) is 18.2 Å². The highest BCUT2D eigenvalue weighted by Gasteiger charge is 2.12. The largest absolute Gasteiger partial charge is 0.494 e. The standard InChI is InChI=1S/C14H12BrFN2O2/c1-20-13-7-9(3-4-11(13)16)18-14(19)10-6-8(15)2-5-12(10)17/h2-7H,17H2,1H3,(H,18,19). The fourth-order valence-electron chi connectivity index (χ4n) is 1.66. The van der Waals surface area contributed by atoms with Gasteiger partial charge in [0, 0.05) is 21.9 Å². The zero-order valence-electron chi connectivity index (χ0n) is 10.6. The number of ether oxygens (including phenoxy) is 1. The molecule has 104 valence electrons. The molecule has 0 spiro atoms. The van der Waals surface area contributed by atoms with Crippen molar-refractivity contribution in [3.63, 3.8) is 0 Å². The number of halogens is 2. The van der Waals surface area contributed by atoms with Gasteiger partial charge in [0.15, 0.2) is 11.6 Å². The monoisotopic (exact) mass is 338 g/mol. The summed E-state index contributed by atoms with van der Waals surface area (Å²) in [6, 6.07) is 9.06. The van der Waals surface area contributed by atoms with E-state index < -0.39 is 5.82 Å². The predicted octanol–water partition coefficient (Wildman–Crippen LogP) is 3.43. The Morgan fingerprint density at radius 2 is 2.05 bits per heavy atom. The van der Waals surface area contributed by atoms with Crippen LogP contribution in [-0.2, 0) is 0 Å². The van der Waals surface area contributed by atoms with Gasteiger partial charge in [-0.2, -0.15) is 0 Å². The number of nitrogens with one attached hydrogen (secondary N) is 1. The van der Waals surface area contributed by atoms with Crippen LogP contribution in [0, 0.1) is 5.82 Å². The van der Waals surface area contributed by atoms with Crippen LogP contribution in [0.15, 0.2) is 40.9 Å². The molecule has 0 aliphatic heterocycles. The molecular formula is C14H12BrFN2O2. The van der Waals surface area contributed by atoms with Gasteiger partial charge in [-0.15, -0.1) is 0 Å². The Balaban J connectivity index is 2.25. The second kappa shape index (κ2) is 5.92. The minimum absolute atomic E-state index is 0.0602. The van der Waals surface area contributed by atoms with Crippen LogP contribution in [0.25, 0.3) is 0 Å². The molecule has 0 saturated heterocycles. The lowest BCUT2D eigenvalue weighted by Crippen LogP contribution is -2.14. The van der Waals surface area contributed by atoms with Crippen LogP contribution in [0.3, 0.4) is 0 Å². The Morgan fingerprint density at radius 3 is 2.75 bits per heavy atom. The van der Waals surface area contributed by atoms with Crippen molar-refractivity contribution in [3.8, 4) is 5.75 Å². The summed E-state index contributed by atoms with van der Waals surface area (Å²) in [5.74, 6) is -0.810. The van der Waals surface area contributed by atoms with E-state index in [9.17, 15) is 9.18 Å². The third-order valence-corrected chi connectivity index (χ3v) is 3.16. The van der Waals surface area contributed by atoms with E-state index in [4.69, 9.17) is 10.5 Å². The average Bonchev–Trinajstić information content (AvgIpc) is 2.43. The number of anilines is 2. The van der Waals surface area contributed by atoms with Crippen LogP contribution in [0.1, 0.15) is 10.4 Å². The number of amides is 1. The van der Waals surface area contributed by atoms with Gasteiger partial charge in [0.1, 0.15) is 0 Å². The number of carbonyl (C=O) groups is 1. The van der Waals surface area contributed by atoms with Gasteiger partial charge in [-0.3, -0.25) is 4.79 Å². The summed E-state index contributed by atoms with van der Waals surface area (Å²) < 4.78 is 18.9. The highest BCUT2D eigenvalue weighted by Crippen LogP contribution is 2.23. The summed E-state index contributed by atoms with van der Waals surface area (Å²) in [7, 11) is 1.36. The topological polar surface area (TPSA) is 64.3 Å². The summed E-state index contributed by atoms with van der Waals surface area (Å²) in [4.78, 5) is 12.1. The molecule has 2 rings (SSSR count). The number of nitrogens with two attached hydrogens (primary N) is 1. The molecule has 0 aliphatic rings. The predicted molar refractivity (Wildman–Crippen MR) is 79.5 cm³/mol. The SMILES string of the molecule is COc1cc(NC(=O)c2cc(Br)ccc2N)ccc1F. The molecule has 0 unspecified atom stereocenters. The number of hydrogen-bond acceptors (Lipinski definition) is 3. The second-order valence-corrected chi connectivity index (χ2v) is 4.95. The molecule has 2 aromatic carbocycles. The summed E-state index contributed by atoms with van der Waals surface area (Å²) in [5.41, 5.74) is 6.88. The number of benzene rings is 2. The average molecular weight is 339 g/mol. The van der Waals surface area contributed by atoms with E-state index in [2.05, 4.69) is 21.2 Å². The first-order valence-corrected chi connectivity index (χ1v) is 6.50. The Hall–Kier alpha value is -2.08. The molecule has 0 aliphatic carbocycles. The second-order valence-electron chi connectivity index (χ2n) is 4.04. The number of carbonyl (C=O) groups excluding carboxylic acids is 1. The first-order chi connectivity index (χ1) is 9.51. The summed E-state index contributed by atoms with van der Waals surface area (Å²) in [5, 5.41) is 2.64. The lowest BCUT2D eigenvalue weighted by molar-refractivity contribution is 0.102. The fraction of sp³-hybridized carbons (Fsp3) is 0.0714. The van der Waals surface area contributed by atoms with Crippen LogP contribution in [0.2, 0.25) is 0 Å². The van der Waals surface area contributed by atoms with Gasteiger partial charge in [-0.25, -0.2) is 4.39 Å². The third kappa shape index (κ3) is 3.08. The van der Waals surface area contributed by atoms with E-state index in [0.29, 0.717) is 16.9 Å². The van der Waals surface area contributed by atoms with Crippen molar-refractivity contribution in [1.29, 1.82) is 0 Å². The molecule has 1 amide bonds. The van der Waals surface area contributed by atoms with E-state index in [1.165, 1.54) is 25.3 Å². The molecule has 0 aromatic heterocycles. The van der Waals surface area contributed by atoms with Crippen LogP contribution in [0.5, 0.6) is 5.75 Å². The number of rotatable bonds is 3. The molecule has 0 atom stereocenters. The molecule has 0 radical (unpaired) electrons. The summed E-state index contributed by atoms with van der Waals surface area (Å²) >= 11 is 3.28. The van der Waals surface area contributed by atoms with Gasteiger partial charge in [0.25, 0.3) is 5.91 Å². The third-order valence-electron chi connectivity index (χ3n) is 2.67. The van der Waals surface area contributed by atoms with Gasteiger partial charge in [-0.05, 0) is 30.3 Å². The van der Waals surface area contributed by atoms with Crippen molar-refractivity contribution in [2.45, 2.75) is 0 Å². The van der Waals surface area contributed by atoms with Crippen molar-refractivity contribution in [1.82, 2.24) is 0 Å².